The van der Waals surface area contributed by atoms with Crippen molar-refractivity contribution in [2.24, 2.45) is 0 Å². The van der Waals surface area contributed by atoms with Crippen LogP contribution >= 0.6 is 47.0 Å². The van der Waals surface area contributed by atoms with Crippen LogP contribution in [0.3, 0.4) is 0 Å². The molecule has 0 radical (unpaired) electrons. The molecule has 25 heavy (non-hydrogen) atoms. The van der Waals surface area contributed by atoms with Crippen LogP contribution in [0.15, 0.2) is 36.4 Å². The Morgan fingerprint density at radius 2 is 1.76 bits per heavy atom. The Morgan fingerprint density at radius 3 is 2.44 bits per heavy atom. The molecule has 1 fully saturated rings. The second-order valence-electron chi connectivity index (χ2n) is 5.59. The molecule has 0 atom stereocenters. The van der Waals surface area contributed by atoms with E-state index in [1.807, 2.05) is 24.3 Å². The van der Waals surface area contributed by atoms with Gasteiger partial charge in [-0.05, 0) is 35.9 Å². The third-order valence-electron chi connectivity index (χ3n) is 3.86. The highest BCUT2D eigenvalue weighted by Gasteiger charge is 2.16. The van der Waals surface area contributed by atoms with Crippen LogP contribution in [0.1, 0.15) is 11.1 Å². The Balaban J connectivity index is 1.67. The summed E-state index contributed by atoms with van der Waals surface area (Å²) in [5.74, 6) is 0.598. The smallest absolute Gasteiger partial charge is 0.138 e. The van der Waals surface area contributed by atoms with Gasteiger partial charge in [-0.15, -0.1) is 0 Å². The van der Waals surface area contributed by atoms with E-state index in [0.29, 0.717) is 40.6 Å². The van der Waals surface area contributed by atoms with Crippen molar-refractivity contribution in [2.45, 2.75) is 6.61 Å². The summed E-state index contributed by atoms with van der Waals surface area (Å²) >= 11 is 23.8. The van der Waals surface area contributed by atoms with Crippen molar-refractivity contribution in [1.29, 1.82) is 0 Å². The van der Waals surface area contributed by atoms with Gasteiger partial charge in [0.25, 0.3) is 0 Å². The molecule has 3 rings (SSSR count). The molecule has 0 amide bonds. The first-order valence-electron chi connectivity index (χ1n) is 7.78. The van der Waals surface area contributed by atoms with Gasteiger partial charge >= 0.3 is 0 Å². The van der Waals surface area contributed by atoms with Gasteiger partial charge in [-0.1, -0.05) is 53.1 Å². The van der Waals surface area contributed by atoms with Crippen LogP contribution in [-0.4, -0.2) is 36.2 Å². The van der Waals surface area contributed by atoms with Gasteiger partial charge in [0.2, 0.25) is 0 Å². The van der Waals surface area contributed by atoms with Crippen LogP contribution in [0.25, 0.3) is 0 Å². The zero-order valence-corrected chi connectivity index (χ0v) is 16.4. The minimum absolute atomic E-state index is 0.351. The first-order valence-corrected chi connectivity index (χ1v) is 9.32. The van der Waals surface area contributed by atoms with Crippen LogP contribution in [0, 0.1) is 0 Å². The predicted octanol–water partition coefficient (Wildman–Crippen LogP) is 5.23. The Morgan fingerprint density at radius 1 is 1.00 bits per heavy atom. The Kier molecular flexibility index (Phi) is 6.42. The largest absolute Gasteiger partial charge is 0.487 e. The monoisotopic (exact) mass is 415 g/mol. The fourth-order valence-electron chi connectivity index (χ4n) is 2.49. The van der Waals surface area contributed by atoms with Crippen molar-refractivity contribution >= 4 is 52.0 Å². The fourth-order valence-corrected chi connectivity index (χ4v) is 3.36. The number of halogens is 3. The van der Waals surface area contributed by atoms with E-state index >= 15 is 0 Å². The second-order valence-corrected chi connectivity index (χ2v) is 7.20. The zero-order valence-electron chi connectivity index (χ0n) is 13.3. The average Bonchev–Trinajstić information content (AvgIpc) is 2.63. The van der Waals surface area contributed by atoms with Crippen molar-refractivity contribution in [1.82, 2.24) is 4.90 Å². The molecule has 132 valence electrons. The first-order chi connectivity index (χ1) is 12.0. The molecular weight excluding hydrogens is 401 g/mol. The molecule has 0 aromatic heterocycles. The van der Waals surface area contributed by atoms with Crippen molar-refractivity contribution in [3.63, 3.8) is 0 Å². The lowest BCUT2D eigenvalue weighted by atomic mass is 10.2. The molecule has 0 saturated carbocycles. The third kappa shape index (κ3) is 4.78. The number of nitrogens with zero attached hydrogens (tertiary/aromatic N) is 1. The Labute approximate surface area is 167 Å². The second kappa shape index (κ2) is 8.56. The van der Waals surface area contributed by atoms with Gasteiger partial charge in [-0.25, -0.2) is 0 Å². The molecule has 2 aromatic carbocycles. The van der Waals surface area contributed by atoms with Crippen molar-refractivity contribution < 1.29 is 9.47 Å². The molecule has 1 saturated heterocycles. The van der Waals surface area contributed by atoms with Crippen molar-refractivity contribution in [2.75, 3.05) is 26.3 Å². The topological polar surface area (TPSA) is 21.7 Å². The van der Waals surface area contributed by atoms with Gasteiger partial charge in [-0.2, -0.15) is 0 Å². The fraction of sp³-hybridized carbons (Fsp3) is 0.278. The molecular formula is C18H16Cl3NO2S. The molecule has 2 aromatic rings. The zero-order chi connectivity index (χ0) is 17.8. The van der Waals surface area contributed by atoms with E-state index in [4.69, 9.17) is 56.5 Å². The number of hydrogen-bond donors (Lipinski definition) is 0. The van der Waals surface area contributed by atoms with E-state index in [1.165, 1.54) is 0 Å². The highest BCUT2D eigenvalue weighted by atomic mass is 35.5. The summed E-state index contributed by atoms with van der Waals surface area (Å²) in [7, 11) is 0. The van der Waals surface area contributed by atoms with E-state index in [-0.39, 0.29) is 0 Å². The number of hydrogen-bond acceptors (Lipinski definition) is 3. The van der Waals surface area contributed by atoms with Crippen molar-refractivity contribution in [3.8, 4) is 5.75 Å². The maximum absolute atomic E-state index is 6.36. The summed E-state index contributed by atoms with van der Waals surface area (Å²) in [5, 5.41) is 1.54. The standard InChI is InChI=1S/C18H16Cl3NO2S/c19-14-3-1-12(9-15(14)20)11-24-17-4-2-13(10-16(17)21)18(25)22-5-7-23-8-6-22/h1-4,9-10H,5-8,11H2. The number of benzene rings is 2. The average molecular weight is 417 g/mol. The molecule has 1 aliphatic rings. The van der Waals surface area contributed by atoms with Gasteiger partial charge < -0.3 is 14.4 Å². The SMILES string of the molecule is S=C(c1ccc(OCc2ccc(Cl)c(Cl)c2)c(Cl)c1)N1CCOCC1. The minimum Gasteiger partial charge on any atom is -0.487 e. The van der Waals surface area contributed by atoms with E-state index in [9.17, 15) is 0 Å². The molecule has 0 unspecified atom stereocenters. The van der Waals surface area contributed by atoms with Crippen LogP contribution in [-0.2, 0) is 11.3 Å². The summed E-state index contributed by atoms with van der Waals surface area (Å²) in [6.45, 7) is 3.33. The van der Waals surface area contributed by atoms with Gasteiger partial charge in [-0.3, -0.25) is 0 Å². The maximum atomic E-state index is 6.36. The molecule has 3 nitrogen and oxygen atoms in total. The highest BCUT2D eigenvalue weighted by Crippen LogP contribution is 2.28. The maximum Gasteiger partial charge on any atom is 0.138 e. The lowest BCUT2D eigenvalue weighted by Gasteiger charge is -2.29. The third-order valence-corrected chi connectivity index (χ3v) is 5.38. The molecule has 0 bridgehead atoms. The molecule has 0 N–H and O–H groups in total. The number of rotatable bonds is 4. The van der Waals surface area contributed by atoms with Gasteiger partial charge in [0.1, 0.15) is 17.3 Å². The first kappa shape index (κ1) is 18.7. The van der Waals surface area contributed by atoms with E-state index in [2.05, 4.69) is 4.90 Å². The molecule has 1 aliphatic heterocycles. The van der Waals surface area contributed by atoms with Gasteiger partial charge in [0, 0.05) is 18.7 Å². The molecule has 0 aliphatic carbocycles. The summed E-state index contributed by atoms with van der Waals surface area (Å²) in [6.07, 6.45) is 0. The van der Waals surface area contributed by atoms with Crippen LogP contribution in [0.5, 0.6) is 5.75 Å². The van der Waals surface area contributed by atoms with E-state index < -0.39 is 0 Å². The summed E-state index contributed by atoms with van der Waals surface area (Å²) in [5.41, 5.74) is 1.82. The predicted molar refractivity (Wildman–Crippen MR) is 106 cm³/mol. The Bertz CT molecular complexity index is 779. The van der Waals surface area contributed by atoms with Crippen LogP contribution in [0.4, 0.5) is 0 Å². The quantitative estimate of drug-likeness (QED) is 0.636. The summed E-state index contributed by atoms with van der Waals surface area (Å²) < 4.78 is 11.1. The highest BCUT2D eigenvalue weighted by molar-refractivity contribution is 7.80. The van der Waals surface area contributed by atoms with E-state index in [1.54, 1.807) is 12.1 Å². The molecule has 7 heteroatoms. The van der Waals surface area contributed by atoms with Gasteiger partial charge in [0.05, 0.1) is 28.3 Å². The van der Waals surface area contributed by atoms with Crippen LogP contribution in [0.2, 0.25) is 15.1 Å². The van der Waals surface area contributed by atoms with Crippen molar-refractivity contribution in [3.05, 3.63) is 62.6 Å². The van der Waals surface area contributed by atoms with Gasteiger partial charge in [0.15, 0.2) is 0 Å². The summed E-state index contributed by atoms with van der Waals surface area (Å²) in [6, 6.07) is 11.0. The lowest BCUT2D eigenvalue weighted by molar-refractivity contribution is 0.0693. The van der Waals surface area contributed by atoms with Crippen LogP contribution < -0.4 is 4.74 Å². The normalized spacial score (nSPS) is 14.4. The number of ether oxygens (including phenoxy) is 2. The number of morpholine rings is 1. The Hall–Kier alpha value is -1.04. The number of thiocarbonyl (C=S) groups is 1. The summed E-state index contributed by atoms with van der Waals surface area (Å²) in [4.78, 5) is 2.90. The van der Waals surface area contributed by atoms with E-state index in [0.717, 1.165) is 29.2 Å². The molecule has 1 heterocycles. The minimum atomic E-state index is 0.351. The molecule has 0 spiro atoms. The lowest BCUT2D eigenvalue weighted by Crippen LogP contribution is -2.40.